The van der Waals surface area contributed by atoms with E-state index in [1.807, 2.05) is 31.2 Å². The van der Waals surface area contributed by atoms with E-state index in [2.05, 4.69) is 0 Å². The van der Waals surface area contributed by atoms with E-state index in [-0.39, 0.29) is 11.8 Å². The molecule has 3 fully saturated rings. The van der Waals surface area contributed by atoms with E-state index in [0.717, 1.165) is 47.8 Å². The molecule has 0 spiro atoms. The lowest BCUT2D eigenvalue weighted by Gasteiger charge is -2.18. The first-order chi connectivity index (χ1) is 13.0. The summed E-state index contributed by atoms with van der Waals surface area (Å²) in [5, 5.41) is 10.5. The summed E-state index contributed by atoms with van der Waals surface area (Å²) in [6, 6.07) is 8.00. The van der Waals surface area contributed by atoms with Crippen LogP contribution in [0.25, 0.3) is 10.9 Å². The highest BCUT2D eigenvalue weighted by Crippen LogP contribution is 2.45. The van der Waals surface area contributed by atoms with Crippen molar-refractivity contribution in [2.75, 3.05) is 13.1 Å². The van der Waals surface area contributed by atoms with Crippen LogP contribution in [0.4, 0.5) is 0 Å². The summed E-state index contributed by atoms with van der Waals surface area (Å²) in [5.74, 6) is -0.196. The number of likely N-dealkylation sites (tertiary alicyclic amines) is 1. The molecule has 2 atom stereocenters. The quantitative estimate of drug-likeness (QED) is 0.900. The number of pyridine rings is 1. The lowest BCUT2D eigenvalue weighted by atomic mass is 9.92. The Kier molecular flexibility index (Phi) is 3.74. The van der Waals surface area contributed by atoms with Gasteiger partial charge in [-0.3, -0.25) is 14.6 Å². The first-order valence-electron chi connectivity index (χ1n) is 9.94. The van der Waals surface area contributed by atoms with Crippen LogP contribution in [0.2, 0.25) is 0 Å². The van der Waals surface area contributed by atoms with Crippen molar-refractivity contribution in [3.05, 3.63) is 41.1 Å². The molecule has 5 nitrogen and oxygen atoms in total. The lowest BCUT2D eigenvalue weighted by Crippen LogP contribution is -2.30. The summed E-state index contributed by atoms with van der Waals surface area (Å²) in [7, 11) is 0. The highest BCUT2D eigenvalue weighted by molar-refractivity contribution is 6.06. The maximum absolute atomic E-state index is 13.4. The van der Waals surface area contributed by atoms with Crippen molar-refractivity contribution >= 4 is 22.8 Å². The van der Waals surface area contributed by atoms with Gasteiger partial charge in [0.25, 0.3) is 5.91 Å². The molecule has 1 aromatic heterocycles. The second-order valence-electron chi connectivity index (χ2n) is 8.55. The minimum atomic E-state index is -0.767. The Labute approximate surface area is 158 Å². The third kappa shape index (κ3) is 2.99. The average Bonchev–Trinajstić information content (AvgIpc) is 3.57. The Bertz CT molecular complexity index is 946. The number of hydrogen-bond donors (Lipinski definition) is 1. The van der Waals surface area contributed by atoms with Gasteiger partial charge in [-0.15, -0.1) is 0 Å². The summed E-state index contributed by atoms with van der Waals surface area (Å²) in [5.41, 5.74) is 3.65. The molecule has 0 unspecified atom stereocenters. The Morgan fingerprint density at radius 3 is 2.56 bits per heavy atom. The summed E-state index contributed by atoms with van der Waals surface area (Å²) in [6.45, 7) is 2.90. The number of rotatable bonds is 4. The molecule has 1 N–H and O–H groups in total. The van der Waals surface area contributed by atoms with E-state index in [0.29, 0.717) is 30.5 Å². The number of benzene rings is 1. The summed E-state index contributed by atoms with van der Waals surface area (Å²) >= 11 is 0. The van der Waals surface area contributed by atoms with E-state index in [1.54, 1.807) is 4.90 Å². The number of aromatic nitrogens is 1. The van der Waals surface area contributed by atoms with Gasteiger partial charge in [0, 0.05) is 30.1 Å². The van der Waals surface area contributed by atoms with Crippen LogP contribution in [0.1, 0.15) is 53.2 Å². The van der Waals surface area contributed by atoms with Crippen LogP contribution in [-0.2, 0) is 4.79 Å². The topological polar surface area (TPSA) is 70.5 Å². The van der Waals surface area contributed by atoms with E-state index >= 15 is 0 Å². The molecular formula is C22H24N2O3. The maximum atomic E-state index is 13.4. The van der Waals surface area contributed by atoms with Gasteiger partial charge in [0.2, 0.25) is 0 Å². The molecule has 1 aliphatic heterocycles. The zero-order valence-electron chi connectivity index (χ0n) is 15.5. The Morgan fingerprint density at radius 1 is 1.11 bits per heavy atom. The van der Waals surface area contributed by atoms with Gasteiger partial charge >= 0.3 is 5.97 Å². The maximum Gasteiger partial charge on any atom is 0.308 e. The van der Waals surface area contributed by atoms with Gasteiger partial charge in [0.1, 0.15) is 0 Å². The highest BCUT2D eigenvalue weighted by Gasteiger charge is 2.47. The number of nitrogens with zero attached hydrogens (tertiary/aromatic N) is 2. The third-order valence-corrected chi connectivity index (χ3v) is 6.41. The van der Waals surface area contributed by atoms with E-state index < -0.39 is 11.9 Å². The Balaban J connectivity index is 1.53. The number of carboxylic acid groups (broad SMARTS) is 1. The zero-order chi connectivity index (χ0) is 18.7. The van der Waals surface area contributed by atoms with Gasteiger partial charge in [0.15, 0.2) is 0 Å². The molecule has 3 aliphatic rings. The van der Waals surface area contributed by atoms with Crippen molar-refractivity contribution < 1.29 is 14.7 Å². The van der Waals surface area contributed by atoms with E-state index in [1.165, 1.54) is 0 Å². The van der Waals surface area contributed by atoms with Crippen LogP contribution in [-0.4, -0.2) is 40.0 Å². The van der Waals surface area contributed by atoms with Crippen molar-refractivity contribution in [1.82, 2.24) is 9.88 Å². The molecule has 1 saturated heterocycles. The summed E-state index contributed by atoms with van der Waals surface area (Å²) in [4.78, 5) is 31.7. The standard InChI is InChI=1S/C22H24N2O3/c1-12-2-7-19-15(8-12)16(9-20(23-19)14-5-6-14)21(25)24-10-17(13-3-4-13)18(11-24)22(26)27/h2,7-9,13-14,17-18H,3-6,10-11H2,1H3,(H,26,27)/t17-,18+/m1/s1. The van der Waals surface area contributed by atoms with E-state index in [9.17, 15) is 14.7 Å². The van der Waals surface area contributed by atoms with Gasteiger partial charge in [-0.25, -0.2) is 0 Å². The Morgan fingerprint density at radius 2 is 1.89 bits per heavy atom. The van der Waals surface area contributed by atoms with Gasteiger partial charge < -0.3 is 10.0 Å². The third-order valence-electron chi connectivity index (χ3n) is 6.41. The van der Waals surface area contributed by atoms with Crippen LogP contribution < -0.4 is 0 Å². The van der Waals surface area contributed by atoms with Crippen molar-refractivity contribution in [2.45, 2.75) is 38.5 Å². The molecule has 27 heavy (non-hydrogen) atoms. The predicted octanol–water partition coefficient (Wildman–Crippen LogP) is 3.60. The van der Waals surface area contributed by atoms with Crippen LogP contribution in [0.15, 0.2) is 24.3 Å². The molecule has 5 rings (SSSR count). The van der Waals surface area contributed by atoms with Crippen LogP contribution in [0, 0.1) is 24.7 Å². The second kappa shape index (κ2) is 6.04. The zero-order valence-corrected chi connectivity index (χ0v) is 15.5. The summed E-state index contributed by atoms with van der Waals surface area (Å²) < 4.78 is 0. The number of carbonyl (C=O) groups excluding carboxylic acids is 1. The summed E-state index contributed by atoms with van der Waals surface area (Å²) in [6.07, 6.45) is 4.46. The predicted molar refractivity (Wildman–Crippen MR) is 102 cm³/mol. The fraction of sp³-hybridized carbons (Fsp3) is 0.500. The Hall–Kier alpha value is -2.43. The molecule has 0 radical (unpaired) electrons. The first-order valence-corrected chi connectivity index (χ1v) is 9.94. The number of fused-ring (bicyclic) bond motifs is 1. The molecule has 2 heterocycles. The molecule has 1 aromatic carbocycles. The molecule has 140 valence electrons. The van der Waals surface area contributed by atoms with Gasteiger partial charge in [-0.1, -0.05) is 11.6 Å². The van der Waals surface area contributed by atoms with Crippen molar-refractivity contribution in [3.63, 3.8) is 0 Å². The number of amides is 1. The normalized spacial score (nSPS) is 25.1. The average molecular weight is 364 g/mol. The minimum absolute atomic E-state index is 0.0377. The number of aryl methyl sites for hydroxylation is 1. The fourth-order valence-electron chi connectivity index (χ4n) is 4.55. The SMILES string of the molecule is Cc1ccc2nc(C3CC3)cc(C(=O)N3C[C@H](C(=O)O)[C@@H](C4CC4)C3)c2c1. The monoisotopic (exact) mass is 364 g/mol. The van der Waals surface area contributed by atoms with Gasteiger partial charge in [-0.05, 0) is 62.6 Å². The van der Waals surface area contributed by atoms with Crippen molar-refractivity contribution in [2.24, 2.45) is 17.8 Å². The molecule has 5 heteroatoms. The van der Waals surface area contributed by atoms with Crippen LogP contribution in [0.3, 0.4) is 0 Å². The first kappa shape index (κ1) is 16.7. The molecule has 2 aromatic rings. The number of carbonyl (C=O) groups is 2. The van der Waals surface area contributed by atoms with Crippen molar-refractivity contribution in [3.8, 4) is 0 Å². The number of aliphatic carboxylic acids is 1. The van der Waals surface area contributed by atoms with E-state index in [4.69, 9.17) is 4.98 Å². The lowest BCUT2D eigenvalue weighted by molar-refractivity contribution is -0.142. The van der Waals surface area contributed by atoms with Crippen LogP contribution in [0.5, 0.6) is 0 Å². The van der Waals surface area contributed by atoms with Crippen LogP contribution >= 0.6 is 0 Å². The molecule has 0 bridgehead atoms. The number of carboxylic acids is 1. The van der Waals surface area contributed by atoms with Crippen molar-refractivity contribution in [1.29, 1.82) is 0 Å². The molecule has 1 amide bonds. The molecular weight excluding hydrogens is 340 g/mol. The largest absolute Gasteiger partial charge is 0.481 e. The smallest absolute Gasteiger partial charge is 0.308 e. The van der Waals surface area contributed by atoms with Gasteiger partial charge in [0.05, 0.1) is 17.0 Å². The molecule has 2 aliphatic carbocycles. The van der Waals surface area contributed by atoms with Gasteiger partial charge in [-0.2, -0.15) is 0 Å². The minimum Gasteiger partial charge on any atom is -0.481 e. The number of hydrogen-bond acceptors (Lipinski definition) is 3. The fourth-order valence-corrected chi connectivity index (χ4v) is 4.55. The second-order valence-corrected chi connectivity index (χ2v) is 8.55. The molecule has 2 saturated carbocycles. The highest BCUT2D eigenvalue weighted by atomic mass is 16.4.